The van der Waals surface area contributed by atoms with Gasteiger partial charge in [0.15, 0.2) is 5.96 Å². The molecule has 1 aliphatic carbocycles. The smallest absolute Gasteiger partial charge is 0.411 e. The van der Waals surface area contributed by atoms with Crippen molar-refractivity contribution in [3.63, 3.8) is 0 Å². The average Bonchev–Trinajstić information content (AvgIpc) is 3.12. The van der Waals surface area contributed by atoms with Gasteiger partial charge in [0, 0.05) is 25.8 Å². The van der Waals surface area contributed by atoms with Crippen LogP contribution in [0, 0.1) is 5.41 Å². The average molecular weight is 346 g/mol. The highest BCUT2D eigenvalue weighted by Gasteiger charge is 2.31. The molecule has 0 aliphatic heterocycles. The van der Waals surface area contributed by atoms with Gasteiger partial charge in [-0.1, -0.05) is 31.9 Å². The Morgan fingerprint density at radius 3 is 2.44 bits per heavy atom. The molecular formula is C19H30N4O2. The van der Waals surface area contributed by atoms with Gasteiger partial charge in [-0.05, 0) is 42.4 Å². The van der Waals surface area contributed by atoms with Crippen LogP contribution in [0.2, 0.25) is 0 Å². The van der Waals surface area contributed by atoms with Gasteiger partial charge in [-0.15, -0.1) is 0 Å². The first-order valence-corrected chi connectivity index (χ1v) is 8.99. The fraction of sp³-hybridized carbons (Fsp3) is 0.579. The van der Waals surface area contributed by atoms with Crippen molar-refractivity contribution in [2.45, 2.75) is 45.6 Å². The third kappa shape index (κ3) is 5.66. The first-order valence-electron chi connectivity index (χ1n) is 8.99. The third-order valence-corrected chi connectivity index (χ3v) is 5.11. The number of anilines is 1. The summed E-state index contributed by atoms with van der Waals surface area (Å²) in [5.74, 6) is 0.830. The molecule has 3 N–H and O–H groups in total. The summed E-state index contributed by atoms with van der Waals surface area (Å²) >= 11 is 0. The summed E-state index contributed by atoms with van der Waals surface area (Å²) < 4.78 is 4.58. The van der Waals surface area contributed by atoms with E-state index in [2.05, 4.69) is 32.6 Å². The molecule has 1 aromatic rings. The Morgan fingerprint density at radius 2 is 1.88 bits per heavy atom. The van der Waals surface area contributed by atoms with Crippen LogP contribution >= 0.6 is 0 Å². The van der Waals surface area contributed by atoms with Crippen LogP contribution in [-0.2, 0) is 11.3 Å². The predicted molar refractivity (Wildman–Crippen MR) is 102 cm³/mol. The van der Waals surface area contributed by atoms with Crippen LogP contribution in [0.1, 0.15) is 44.6 Å². The van der Waals surface area contributed by atoms with Crippen molar-refractivity contribution in [2.24, 2.45) is 10.4 Å². The molecule has 0 atom stereocenters. The molecule has 0 aromatic heterocycles. The van der Waals surface area contributed by atoms with E-state index >= 15 is 0 Å². The highest BCUT2D eigenvalue weighted by atomic mass is 16.5. The number of rotatable bonds is 6. The molecule has 1 aliphatic rings. The Bertz CT molecular complexity index is 578. The summed E-state index contributed by atoms with van der Waals surface area (Å²) in [4.78, 5) is 15.5. The Morgan fingerprint density at radius 1 is 1.20 bits per heavy atom. The second-order valence-corrected chi connectivity index (χ2v) is 6.65. The Balaban J connectivity index is 1.81. The van der Waals surface area contributed by atoms with Crippen molar-refractivity contribution in [3.8, 4) is 0 Å². The van der Waals surface area contributed by atoms with Gasteiger partial charge in [0.1, 0.15) is 0 Å². The van der Waals surface area contributed by atoms with Gasteiger partial charge in [-0.25, -0.2) is 4.79 Å². The highest BCUT2D eigenvalue weighted by molar-refractivity contribution is 5.84. The second kappa shape index (κ2) is 9.30. The van der Waals surface area contributed by atoms with Gasteiger partial charge in [0.05, 0.1) is 7.11 Å². The Kier molecular flexibility index (Phi) is 7.10. The van der Waals surface area contributed by atoms with E-state index in [1.165, 1.54) is 39.2 Å². The number of nitrogens with one attached hydrogen (secondary N) is 3. The number of hydrogen-bond acceptors (Lipinski definition) is 3. The van der Waals surface area contributed by atoms with Crippen LogP contribution in [0.3, 0.4) is 0 Å². The number of methoxy groups -OCH3 is 1. The number of aliphatic imine (C=N–C) groups is 1. The van der Waals surface area contributed by atoms with Gasteiger partial charge < -0.3 is 15.4 Å². The van der Waals surface area contributed by atoms with Crippen molar-refractivity contribution >= 4 is 17.7 Å². The van der Waals surface area contributed by atoms with Crippen LogP contribution in [0.4, 0.5) is 10.5 Å². The Hall–Kier alpha value is -2.24. The number of guanidine groups is 1. The number of amides is 1. The minimum atomic E-state index is -0.466. The van der Waals surface area contributed by atoms with Crippen molar-refractivity contribution < 1.29 is 9.53 Å². The number of carbonyl (C=O) groups excluding carboxylic acids is 1. The molecule has 25 heavy (non-hydrogen) atoms. The third-order valence-electron chi connectivity index (χ3n) is 5.11. The molecule has 1 amide bonds. The van der Waals surface area contributed by atoms with Crippen LogP contribution < -0.4 is 16.0 Å². The molecule has 0 heterocycles. The molecule has 6 nitrogen and oxygen atoms in total. The molecule has 1 saturated carbocycles. The molecule has 0 radical (unpaired) electrons. The van der Waals surface area contributed by atoms with E-state index in [-0.39, 0.29) is 0 Å². The summed E-state index contributed by atoms with van der Waals surface area (Å²) in [6.45, 7) is 3.94. The van der Waals surface area contributed by atoms with E-state index in [0.29, 0.717) is 17.6 Å². The SMILES string of the molecule is CCC1(CNC(=NC)NCc2ccc(NC(=O)OC)cc2)CCCC1. The molecule has 1 fully saturated rings. The fourth-order valence-electron chi connectivity index (χ4n) is 3.33. The maximum atomic E-state index is 11.2. The predicted octanol–water partition coefficient (Wildman–Crippen LogP) is 3.50. The Labute approximate surface area is 150 Å². The summed E-state index contributed by atoms with van der Waals surface area (Å²) in [5.41, 5.74) is 2.26. The number of hydrogen-bond donors (Lipinski definition) is 3. The van der Waals surface area contributed by atoms with Crippen LogP contribution in [0.15, 0.2) is 29.3 Å². The zero-order valence-electron chi connectivity index (χ0n) is 15.5. The highest BCUT2D eigenvalue weighted by Crippen LogP contribution is 2.40. The molecule has 0 bridgehead atoms. The van der Waals surface area contributed by atoms with Gasteiger partial charge in [-0.3, -0.25) is 10.3 Å². The molecule has 2 rings (SSSR count). The summed E-state index contributed by atoms with van der Waals surface area (Å²) in [5, 5.41) is 9.47. The van der Waals surface area contributed by atoms with Crippen LogP contribution in [-0.4, -0.2) is 32.8 Å². The molecule has 0 unspecified atom stereocenters. The quantitative estimate of drug-likeness (QED) is 0.544. The van der Waals surface area contributed by atoms with E-state index in [1.54, 1.807) is 7.05 Å². The maximum Gasteiger partial charge on any atom is 0.411 e. The number of carbonyl (C=O) groups is 1. The van der Waals surface area contributed by atoms with E-state index in [9.17, 15) is 4.79 Å². The molecule has 6 heteroatoms. The van der Waals surface area contributed by atoms with Gasteiger partial charge in [0.2, 0.25) is 0 Å². The lowest BCUT2D eigenvalue weighted by Crippen LogP contribution is -2.42. The van der Waals surface area contributed by atoms with E-state index < -0.39 is 6.09 Å². The molecule has 0 saturated heterocycles. The fourth-order valence-corrected chi connectivity index (χ4v) is 3.33. The van der Waals surface area contributed by atoms with Crippen molar-refractivity contribution in [1.82, 2.24) is 10.6 Å². The summed E-state index contributed by atoms with van der Waals surface area (Å²) in [6, 6.07) is 7.65. The normalized spacial score (nSPS) is 16.4. The largest absolute Gasteiger partial charge is 0.453 e. The topological polar surface area (TPSA) is 74.8 Å². The monoisotopic (exact) mass is 346 g/mol. The lowest BCUT2D eigenvalue weighted by atomic mass is 9.83. The zero-order valence-corrected chi connectivity index (χ0v) is 15.5. The lowest BCUT2D eigenvalue weighted by Gasteiger charge is -2.28. The van der Waals surface area contributed by atoms with Crippen LogP contribution in [0.5, 0.6) is 0 Å². The van der Waals surface area contributed by atoms with Gasteiger partial charge in [0.25, 0.3) is 0 Å². The van der Waals surface area contributed by atoms with Crippen molar-refractivity contribution in [1.29, 1.82) is 0 Å². The van der Waals surface area contributed by atoms with E-state index in [4.69, 9.17) is 0 Å². The zero-order chi connectivity index (χ0) is 18.1. The maximum absolute atomic E-state index is 11.2. The number of nitrogens with zero attached hydrogens (tertiary/aromatic N) is 1. The first kappa shape index (κ1) is 19.1. The van der Waals surface area contributed by atoms with Crippen LogP contribution in [0.25, 0.3) is 0 Å². The van der Waals surface area contributed by atoms with Gasteiger partial charge in [-0.2, -0.15) is 0 Å². The first-order chi connectivity index (χ1) is 12.1. The number of benzene rings is 1. The van der Waals surface area contributed by atoms with Crippen molar-refractivity contribution in [2.75, 3.05) is 26.0 Å². The van der Waals surface area contributed by atoms with E-state index in [1.807, 2.05) is 24.3 Å². The summed E-state index contributed by atoms with van der Waals surface area (Å²) in [6.07, 6.45) is 6.05. The summed E-state index contributed by atoms with van der Waals surface area (Å²) in [7, 11) is 3.15. The second-order valence-electron chi connectivity index (χ2n) is 6.65. The minimum Gasteiger partial charge on any atom is -0.453 e. The number of ether oxygens (including phenoxy) is 1. The van der Waals surface area contributed by atoms with E-state index in [0.717, 1.165) is 18.1 Å². The lowest BCUT2D eigenvalue weighted by molar-refractivity contribution is 0.187. The standard InChI is InChI=1S/C19H30N4O2/c1-4-19(11-5-6-12-19)14-22-17(20-2)21-13-15-7-9-16(10-8-15)23-18(24)25-3/h7-10H,4-6,11-14H2,1-3H3,(H,23,24)(H2,20,21,22). The van der Waals surface area contributed by atoms with Gasteiger partial charge >= 0.3 is 6.09 Å². The molecule has 0 spiro atoms. The molecule has 138 valence electrons. The molecular weight excluding hydrogens is 316 g/mol. The molecule has 1 aromatic carbocycles. The minimum absolute atomic E-state index is 0.429. The van der Waals surface area contributed by atoms with Crippen molar-refractivity contribution in [3.05, 3.63) is 29.8 Å².